The molecule has 96 valence electrons. The number of aldehydes is 1. The molecular formula is C12H7FN2O4. The zero-order valence-corrected chi connectivity index (χ0v) is 9.45. The van der Waals surface area contributed by atoms with Crippen molar-refractivity contribution in [2.24, 2.45) is 0 Å². The lowest BCUT2D eigenvalue weighted by Crippen LogP contribution is -1.94. The van der Waals surface area contributed by atoms with Crippen LogP contribution in [0, 0.1) is 15.9 Å². The fourth-order valence-electron chi connectivity index (χ4n) is 1.34. The van der Waals surface area contributed by atoms with Crippen LogP contribution < -0.4 is 4.74 Å². The number of rotatable bonds is 4. The van der Waals surface area contributed by atoms with Gasteiger partial charge in [-0.3, -0.25) is 14.9 Å². The van der Waals surface area contributed by atoms with Crippen LogP contribution in [-0.2, 0) is 0 Å². The Bertz CT molecular complexity index is 628. The number of halogens is 1. The van der Waals surface area contributed by atoms with Crippen molar-refractivity contribution in [1.29, 1.82) is 0 Å². The smallest absolute Gasteiger partial charge is 0.305 e. The van der Waals surface area contributed by atoms with Crippen molar-refractivity contribution < 1.29 is 18.8 Å². The highest BCUT2D eigenvalue weighted by Gasteiger charge is 2.14. The van der Waals surface area contributed by atoms with Gasteiger partial charge < -0.3 is 4.74 Å². The van der Waals surface area contributed by atoms with Gasteiger partial charge in [-0.2, -0.15) is 4.39 Å². The van der Waals surface area contributed by atoms with Gasteiger partial charge in [-0.05, 0) is 12.1 Å². The molecule has 19 heavy (non-hydrogen) atoms. The molecule has 0 spiro atoms. The van der Waals surface area contributed by atoms with Gasteiger partial charge in [-0.25, -0.2) is 4.98 Å². The topological polar surface area (TPSA) is 82.3 Å². The van der Waals surface area contributed by atoms with Crippen molar-refractivity contribution in [3.05, 3.63) is 58.0 Å². The van der Waals surface area contributed by atoms with E-state index in [1.165, 1.54) is 24.4 Å². The number of pyridine rings is 1. The maximum atomic E-state index is 13.3. The number of carbonyl (C=O) groups excluding carboxylic acids is 1. The number of ether oxygens (including phenoxy) is 1. The Labute approximate surface area is 106 Å². The monoisotopic (exact) mass is 262 g/mol. The van der Waals surface area contributed by atoms with Crippen molar-refractivity contribution in [2.75, 3.05) is 0 Å². The van der Waals surface area contributed by atoms with Crippen molar-refractivity contribution in [1.82, 2.24) is 4.98 Å². The molecule has 0 fully saturated rings. The average molecular weight is 262 g/mol. The summed E-state index contributed by atoms with van der Waals surface area (Å²) in [5.74, 6) is -0.764. The average Bonchev–Trinajstić information content (AvgIpc) is 2.39. The van der Waals surface area contributed by atoms with Crippen molar-refractivity contribution in [3.8, 4) is 11.6 Å². The first-order valence-corrected chi connectivity index (χ1v) is 5.13. The van der Waals surface area contributed by atoms with E-state index in [0.717, 1.165) is 12.1 Å². The molecule has 0 N–H and O–H groups in total. The van der Waals surface area contributed by atoms with Crippen LogP contribution in [0.4, 0.5) is 10.1 Å². The first-order valence-electron chi connectivity index (χ1n) is 5.13. The van der Waals surface area contributed by atoms with Gasteiger partial charge in [0.1, 0.15) is 5.75 Å². The van der Waals surface area contributed by atoms with Crippen LogP contribution in [0.1, 0.15) is 10.4 Å². The first kappa shape index (κ1) is 12.6. The van der Waals surface area contributed by atoms with E-state index in [-0.39, 0.29) is 11.6 Å². The molecule has 0 aliphatic carbocycles. The summed E-state index contributed by atoms with van der Waals surface area (Å²) in [5, 5.41) is 10.4. The minimum absolute atomic E-state index is 0.0782. The summed E-state index contributed by atoms with van der Waals surface area (Å²) in [7, 11) is 0. The summed E-state index contributed by atoms with van der Waals surface area (Å²) in [5.41, 5.74) is -0.251. The third kappa shape index (κ3) is 2.89. The molecule has 0 unspecified atom stereocenters. The quantitative estimate of drug-likeness (QED) is 0.480. The van der Waals surface area contributed by atoms with Crippen LogP contribution in [0.2, 0.25) is 0 Å². The highest BCUT2D eigenvalue weighted by atomic mass is 19.1. The van der Waals surface area contributed by atoms with Gasteiger partial charge in [0.2, 0.25) is 11.7 Å². The second kappa shape index (κ2) is 5.21. The zero-order valence-electron chi connectivity index (χ0n) is 9.45. The predicted octanol–water partition coefficient (Wildman–Crippen LogP) is 2.73. The Kier molecular flexibility index (Phi) is 3.46. The summed E-state index contributed by atoms with van der Waals surface area (Å²) < 4.78 is 18.5. The molecule has 0 aliphatic rings. The molecule has 2 aromatic rings. The van der Waals surface area contributed by atoms with Crippen LogP contribution in [0.3, 0.4) is 0 Å². The van der Waals surface area contributed by atoms with E-state index in [1.54, 1.807) is 0 Å². The Morgan fingerprint density at radius 3 is 2.63 bits per heavy atom. The third-order valence-corrected chi connectivity index (χ3v) is 2.23. The van der Waals surface area contributed by atoms with Gasteiger partial charge in [0.25, 0.3) is 0 Å². The lowest BCUT2D eigenvalue weighted by Gasteiger charge is -2.04. The van der Waals surface area contributed by atoms with Gasteiger partial charge >= 0.3 is 5.69 Å². The molecule has 0 bridgehead atoms. The molecule has 0 aliphatic heterocycles. The number of benzene rings is 1. The highest BCUT2D eigenvalue weighted by Crippen LogP contribution is 2.25. The molecule has 7 heteroatoms. The van der Waals surface area contributed by atoms with Crippen molar-refractivity contribution in [3.63, 3.8) is 0 Å². The molecule has 0 saturated carbocycles. The molecular weight excluding hydrogens is 255 g/mol. The molecule has 6 nitrogen and oxygen atoms in total. The van der Waals surface area contributed by atoms with Crippen LogP contribution in [0.25, 0.3) is 0 Å². The number of nitrogens with zero attached hydrogens (tertiary/aromatic N) is 2. The van der Waals surface area contributed by atoms with E-state index < -0.39 is 16.4 Å². The fourth-order valence-corrected chi connectivity index (χ4v) is 1.34. The van der Waals surface area contributed by atoms with Gasteiger partial charge in [0, 0.05) is 30.0 Å². The van der Waals surface area contributed by atoms with E-state index in [1.807, 2.05) is 0 Å². The van der Waals surface area contributed by atoms with E-state index in [4.69, 9.17) is 4.74 Å². The maximum absolute atomic E-state index is 13.3. The molecule has 0 radical (unpaired) electrons. The lowest BCUT2D eigenvalue weighted by atomic mass is 10.3. The molecule has 0 saturated heterocycles. The number of hydrogen-bond acceptors (Lipinski definition) is 5. The van der Waals surface area contributed by atoms with Gasteiger partial charge in [-0.15, -0.1) is 0 Å². The van der Waals surface area contributed by atoms with Gasteiger partial charge in [-0.1, -0.05) is 0 Å². The summed E-state index contributed by atoms with van der Waals surface area (Å²) in [6.07, 6.45) is 1.92. The Morgan fingerprint density at radius 2 is 2.11 bits per heavy atom. The Balaban J connectivity index is 2.21. The standard InChI is InChI=1S/C12H7FN2O4/c13-10-5-9(2-3-11(10)15(17)18)19-12-4-1-8(7-16)6-14-12/h1-7H. The van der Waals surface area contributed by atoms with Crippen molar-refractivity contribution >= 4 is 12.0 Å². The van der Waals surface area contributed by atoms with Crippen LogP contribution in [0.15, 0.2) is 36.5 Å². The van der Waals surface area contributed by atoms with E-state index in [9.17, 15) is 19.3 Å². The molecule has 0 atom stereocenters. The van der Waals surface area contributed by atoms with E-state index in [2.05, 4.69) is 4.98 Å². The van der Waals surface area contributed by atoms with E-state index in [0.29, 0.717) is 11.8 Å². The predicted molar refractivity (Wildman–Crippen MR) is 62.8 cm³/mol. The maximum Gasteiger partial charge on any atom is 0.305 e. The van der Waals surface area contributed by atoms with Crippen molar-refractivity contribution in [2.45, 2.75) is 0 Å². The lowest BCUT2D eigenvalue weighted by molar-refractivity contribution is -0.387. The zero-order chi connectivity index (χ0) is 13.8. The second-order valence-corrected chi connectivity index (χ2v) is 3.52. The first-order chi connectivity index (χ1) is 9.10. The minimum atomic E-state index is -0.994. The van der Waals surface area contributed by atoms with E-state index >= 15 is 0 Å². The second-order valence-electron chi connectivity index (χ2n) is 3.52. The largest absolute Gasteiger partial charge is 0.439 e. The number of aromatic nitrogens is 1. The van der Waals surface area contributed by atoms with Crippen LogP contribution in [0.5, 0.6) is 11.6 Å². The summed E-state index contributed by atoms with van der Waals surface area (Å²) in [4.78, 5) is 23.9. The molecule has 1 aromatic heterocycles. The molecule has 0 amide bonds. The number of hydrogen-bond donors (Lipinski definition) is 0. The number of carbonyl (C=O) groups is 1. The molecule has 1 heterocycles. The Hall–Kier alpha value is -2.83. The number of nitro groups is 1. The van der Waals surface area contributed by atoms with Crippen LogP contribution >= 0.6 is 0 Å². The normalized spacial score (nSPS) is 9.95. The molecule has 1 aromatic carbocycles. The summed E-state index contributed by atoms with van der Waals surface area (Å²) >= 11 is 0. The Morgan fingerprint density at radius 1 is 1.32 bits per heavy atom. The van der Waals surface area contributed by atoms with Gasteiger partial charge in [0.05, 0.1) is 4.92 Å². The summed E-state index contributed by atoms with van der Waals surface area (Å²) in [6, 6.07) is 6.08. The minimum Gasteiger partial charge on any atom is -0.439 e. The van der Waals surface area contributed by atoms with Crippen LogP contribution in [-0.4, -0.2) is 16.2 Å². The highest BCUT2D eigenvalue weighted by molar-refractivity contribution is 5.74. The van der Waals surface area contributed by atoms with Gasteiger partial charge in [0.15, 0.2) is 6.29 Å². The third-order valence-electron chi connectivity index (χ3n) is 2.23. The fraction of sp³-hybridized carbons (Fsp3) is 0. The summed E-state index contributed by atoms with van der Waals surface area (Å²) in [6.45, 7) is 0. The molecule has 2 rings (SSSR count). The number of nitro benzene ring substituents is 1. The SMILES string of the molecule is O=Cc1ccc(Oc2ccc([N+](=O)[O-])c(F)c2)nc1.